The van der Waals surface area contributed by atoms with Gasteiger partial charge in [0.2, 0.25) is 0 Å². The largest absolute Gasteiger partial charge is 0.495 e. The summed E-state index contributed by atoms with van der Waals surface area (Å²) >= 11 is 5.58. The van der Waals surface area contributed by atoms with Gasteiger partial charge in [-0.2, -0.15) is 0 Å². The minimum Gasteiger partial charge on any atom is -0.495 e. The molecule has 1 aromatic rings. The molecular weight excluding hydrogens is 266 g/mol. The smallest absolute Gasteiger partial charge is 0.280 e. The van der Waals surface area contributed by atoms with Crippen LogP contribution >= 0.6 is 11.6 Å². The molecule has 16 heavy (non-hydrogen) atoms. The van der Waals surface area contributed by atoms with Crippen molar-refractivity contribution >= 4 is 21.6 Å². The molecule has 2 N–H and O–H groups in total. The van der Waals surface area contributed by atoms with Crippen LogP contribution in [-0.4, -0.2) is 20.5 Å². The Hall–Kier alpha value is -0.990. The van der Waals surface area contributed by atoms with E-state index in [1.165, 1.54) is 0 Å². The summed E-state index contributed by atoms with van der Waals surface area (Å²) in [5.41, 5.74) is -0.773. The normalized spacial score (nSPS) is 11.9. The Bertz CT molecular complexity index is 507. The number of alkyl halides is 2. The van der Waals surface area contributed by atoms with Crippen LogP contribution in [0.1, 0.15) is 12.1 Å². The number of aromatic nitrogens is 1. The Labute approximate surface area is 95.2 Å². The van der Waals surface area contributed by atoms with Crippen LogP contribution in [0.5, 0.6) is 5.75 Å². The maximum absolute atomic E-state index is 12.4. The average molecular weight is 273 g/mol. The van der Waals surface area contributed by atoms with E-state index < -0.39 is 32.2 Å². The van der Waals surface area contributed by atoms with Crippen molar-refractivity contribution in [3.05, 3.63) is 16.8 Å². The molecule has 0 aromatic carbocycles. The molecule has 0 spiro atoms. The lowest BCUT2D eigenvalue weighted by Crippen LogP contribution is -2.16. The number of rotatable bonds is 3. The minimum absolute atomic E-state index is 0.226. The zero-order valence-electron chi connectivity index (χ0n) is 7.95. The van der Waals surface area contributed by atoms with E-state index in [1.807, 2.05) is 0 Å². The summed E-state index contributed by atoms with van der Waals surface area (Å²) in [6.45, 7) is 0. The van der Waals surface area contributed by atoms with Gasteiger partial charge in [-0.1, -0.05) is 11.6 Å². The molecule has 1 rings (SSSR count). The Morgan fingerprint density at radius 3 is 2.50 bits per heavy atom. The highest BCUT2D eigenvalue weighted by atomic mass is 35.5. The lowest BCUT2D eigenvalue weighted by Gasteiger charge is -2.09. The highest BCUT2D eigenvalue weighted by Crippen LogP contribution is 2.32. The Morgan fingerprint density at radius 2 is 2.12 bits per heavy atom. The number of hydrogen-bond donors (Lipinski definition) is 1. The van der Waals surface area contributed by atoms with E-state index in [0.717, 1.165) is 13.2 Å². The van der Waals surface area contributed by atoms with E-state index in [1.54, 1.807) is 0 Å². The van der Waals surface area contributed by atoms with Crippen molar-refractivity contribution < 1.29 is 21.9 Å². The summed E-state index contributed by atoms with van der Waals surface area (Å²) < 4.78 is 51.5. The number of primary sulfonamides is 1. The Balaban J connectivity index is 3.55. The molecule has 0 aliphatic carbocycles. The number of methoxy groups -OCH3 is 1. The topological polar surface area (TPSA) is 82.3 Å². The fourth-order valence-corrected chi connectivity index (χ4v) is 2.03. The van der Waals surface area contributed by atoms with Gasteiger partial charge in [0, 0.05) is 6.07 Å². The van der Waals surface area contributed by atoms with Gasteiger partial charge in [-0.25, -0.2) is 27.3 Å². The van der Waals surface area contributed by atoms with Crippen molar-refractivity contribution in [3.8, 4) is 5.75 Å². The van der Waals surface area contributed by atoms with Gasteiger partial charge in [0.1, 0.15) is 16.5 Å². The van der Waals surface area contributed by atoms with Gasteiger partial charge in [-0.05, 0) is 0 Å². The lowest BCUT2D eigenvalue weighted by molar-refractivity contribution is 0.145. The first-order valence-corrected chi connectivity index (χ1v) is 5.75. The molecule has 0 saturated carbocycles. The highest BCUT2D eigenvalue weighted by Gasteiger charge is 2.23. The van der Waals surface area contributed by atoms with Gasteiger partial charge < -0.3 is 4.74 Å². The third kappa shape index (κ3) is 2.57. The molecule has 0 saturated heterocycles. The van der Waals surface area contributed by atoms with Gasteiger partial charge in [0.25, 0.3) is 16.4 Å². The summed E-state index contributed by atoms with van der Waals surface area (Å²) in [4.78, 5) is 3.18. The van der Waals surface area contributed by atoms with E-state index in [2.05, 4.69) is 9.72 Å². The van der Waals surface area contributed by atoms with E-state index >= 15 is 0 Å². The first-order valence-electron chi connectivity index (χ1n) is 3.82. The van der Waals surface area contributed by atoms with Crippen LogP contribution in [0.15, 0.2) is 11.1 Å². The summed E-state index contributed by atoms with van der Waals surface area (Å²) in [7, 11) is -3.12. The number of sulfonamides is 1. The van der Waals surface area contributed by atoms with Gasteiger partial charge >= 0.3 is 0 Å². The SMILES string of the molecule is COc1cc(C(F)F)nc(S(N)(=O)=O)c1Cl. The molecule has 0 atom stereocenters. The molecule has 0 radical (unpaired) electrons. The zero-order chi connectivity index (χ0) is 12.5. The lowest BCUT2D eigenvalue weighted by atomic mass is 10.3. The van der Waals surface area contributed by atoms with Crippen LogP contribution in [-0.2, 0) is 10.0 Å². The maximum atomic E-state index is 12.4. The van der Waals surface area contributed by atoms with E-state index in [9.17, 15) is 17.2 Å². The first-order chi connectivity index (χ1) is 7.27. The van der Waals surface area contributed by atoms with E-state index in [-0.39, 0.29) is 5.75 Å². The minimum atomic E-state index is -4.28. The molecule has 0 aliphatic rings. The fraction of sp³-hybridized carbons (Fsp3) is 0.286. The first kappa shape index (κ1) is 13.1. The van der Waals surface area contributed by atoms with Crippen LogP contribution in [0, 0.1) is 0 Å². The quantitative estimate of drug-likeness (QED) is 0.900. The van der Waals surface area contributed by atoms with Gasteiger partial charge in [-0.3, -0.25) is 0 Å². The molecular formula is C7H7ClF2N2O3S. The van der Waals surface area contributed by atoms with E-state index in [0.29, 0.717) is 0 Å². The highest BCUT2D eigenvalue weighted by molar-refractivity contribution is 7.89. The van der Waals surface area contributed by atoms with E-state index in [4.69, 9.17) is 16.7 Å². The third-order valence-corrected chi connectivity index (χ3v) is 2.94. The van der Waals surface area contributed by atoms with Crippen molar-refractivity contribution in [3.63, 3.8) is 0 Å². The molecule has 9 heteroatoms. The number of halogens is 3. The average Bonchev–Trinajstić information content (AvgIpc) is 2.15. The number of nitrogens with two attached hydrogens (primary N) is 1. The van der Waals surface area contributed by atoms with Crippen LogP contribution in [0.2, 0.25) is 5.02 Å². The van der Waals surface area contributed by atoms with Crippen molar-refractivity contribution in [1.29, 1.82) is 0 Å². The molecule has 0 bridgehead atoms. The Morgan fingerprint density at radius 1 is 1.56 bits per heavy atom. The Kier molecular flexibility index (Phi) is 3.66. The number of pyridine rings is 1. The van der Waals surface area contributed by atoms with Crippen LogP contribution in [0.4, 0.5) is 8.78 Å². The third-order valence-electron chi connectivity index (χ3n) is 1.63. The van der Waals surface area contributed by atoms with Gasteiger partial charge in [0.15, 0.2) is 5.03 Å². The maximum Gasteiger partial charge on any atom is 0.280 e. The molecule has 0 aliphatic heterocycles. The monoisotopic (exact) mass is 272 g/mol. The second-order valence-corrected chi connectivity index (χ2v) is 4.57. The van der Waals surface area contributed by atoms with Crippen molar-refractivity contribution in [2.75, 3.05) is 7.11 Å². The van der Waals surface area contributed by atoms with Crippen LogP contribution in [0.25, 0.3) is 0 Å². The standard InChI is InChI=1S/C7H7ClF2N2O3S/c1-15-4-2-3(6(9)10)12-7(5(4)8)16(11,13)14/h2,6H,1H3,(H2,11,13,14). The summed E-state index contributed by atoms with van der Waals surface area (Å²) in [5, 5.41) is 3.52. The second kappa shape index (κ2) is 4.48. The number of hydrogen-bond acceptors (Lipinski definition) is 4. The fourth-order valence-electron chi connectivity index (χ4n) is 0.951. The van der Waals surface area contributed by atoms with Gasteiger partial charge in [-0.15, -0.1) is 0 Å². The number of ether oxygens (including phenoxy) is 1. The zero-order valence-corrected chi connectivity index (χ0v) is 9.52. The van der Waals surface area contributed by atoms with Crippen LogP contribution < -0.4 is 9.88 Å². The molecule has 1 aromatic heterocycles. The second-order valence-electron chi connectivity index (χ2n) is 2.71. The van der Waals surface area contributed by atoms with Crippen molar-refractivity contribution in [1.82, 2.24) is 4.98 Å². The molecule has 0 fully saturated rings. The molecule has 0 amide bonds. The molecule has 1 heterocycles. The molecule has 0 unspecified atom stereocenters. The predicted molar refractivity (Wildman–Crippen MR) is 52.1 cm³/mol. The molecule has 90 valence electrons. The van der Waals surface area contributed by atoms with Crippen molar-refractivity contribution in [2.24, 2.45) is 5.14 Å². The van der Waals surface area contributed by atoms with Crippen LogP contribution in [0.3, 0.4) is 0 Å². The predicted octanol–water partition coefficient (Wildman–Crippen LogP) is 1.33. The van der Waals surface area contributed by atoms with Crippen molar-refractivity contribution in [2.45, 2.75) is 11.5 Å². The molecule has 5 nitrogen and oxygen atoms in total. The van der Waals surface area contributed by atoms with Gasteiger partial charge in [0.05, 0.1) is 7.11 Å². The summed E-state index contributed by atoms with van der Waals surface area (Å²) in [6.07, 6.45) is -2.95. The number of nitrogens with zero attached hydrogens (tertiary/aromatic N) is 1. The summed E-state index contributed by atoms with van der Waals surface area (Å²) in [6, 6.07) is 0.849. The summed E-state index contributed by atoms with van der Waals surface area (Å²) in [5.74, 6) is -0.226.